The zero-order chi connectivity index (χ0) is 16.6. The second-order valence-electron chi connectivity index (χ2n) is 7.91. The number of anilines is 1. The van der Waals surface area contributed by atoms with E-state index in [0.29, 0.717) is 6.67 Å². The number of hydrogen-bond acceptors (Lipinski definition) is 3. The summed E-state index contributed by atoms with van der Waals surface area (Å²) >= 11 is 0. The molecule has 1 N–H and O–H groups in total. The van der Waals surface area contributed by atoms with Crippen LogP contribution in [0.5, 0.6) is 0 Å². The molecular formula is C20H29N3O. The van der Waals surface area contributed by atoms with Crippen LogP contribution in [0.2, 0.25) is 0 Å². The van der Waals surface area contributed by atoms with Crippen molar-refractivity contribution in [3.05, 3.63) is 30.3 Å². The van der Waals surface area contributed by atoms with Gasteiger partial charge in [-0.1, -0.05) is 25.1 Å². The summed E-state index contributed by atoms with van der Waals surface area (Å²) in [5.41, 5.74) is 0.829. The van der Waals surface area contributed by atoms with Crippen LogP contribution in [0.1, 0.15) is 45.4 Å². The summed E-state index contributed by atoms with van der Waals surface area (Å²) in [5, 5.41) is 3.10. The first kappa shape index (κ1) is 15.9. The molecule has 0 atom stereocenters. The van der Waals surface area contributed by atoms with Crippen LogP contribution in [0.3, 0.4) is 0 Å². The fourth-order valence-corrected chi connectivity index (χ4v) is 4.90. The van der Waals surface area contributed by atoms with E-state index in [4.69, 9.17) is 0 Å². The van der Waals surface area contributed by atoms with Gasteiger partial charge in [-0.3, -0.25) is 4.79 Å². The number of nitrogens with one attached hydrogen (secondary N) is 1. The molecule has 0 radical (unpaired) electrons. The summed E-state index contributed by atoms with van der Waals surface area (Å²) in [6, 6.07) is 11.1. The Morgan fingerprint density at radius 2 is 1.71 bits per heavy atom. The Kier molecular flexibility index (Phi) is 4.25. The van der Waals surface area contributed by atoms with Crippen molar-refractivity contribution >= 4 is 11.6 Å². The first-order valence-corrected chi connectivity index (χ1v) is 9.54. The normalized spacial score (nSPS) is 30.5. The molecule has 1 saturated carbocycles. The predicted molar refractivity (Wildman–Crippen MR) is 96.9 cm³/mol. The van der Waals surface area contributed by atoms with Gasteiger partial charge >= 0.3 is 0 Å². The molecule has 2 aliphatic heterocycles. The number of amides is 1. The van der Waals surface area contributed by atoms with Crippen molar-refractivity contribution in [2.45, 2.75) is 57.0 Å². The van der Waals surface area contributed by atoms with Crippen LogP contribution in [-0.2, 0) is 4.79 Å². The SMILES string of the molecule is CC1CCC(N2CCC3(CC2)C(=O)NCN3c2ccccc2)CC1. The predicted octanol–water partition coefficient (Wildman–Crippen LogP) is 2.99. The lowest BCUT2D eigenvalue weighted by atomic mass is 9.82. The molecule has 2 heterocycles. The van der Waals surface area contributed by atoms with Gasteiger partial charge < -0.3 is 15.1 Å². The number of piperidine rings is 1. The number of para-hydroxylation sites is 1. The van der Waals surface area contributed by atoms with Crippen molar-refractivity contribution in [2.75, 3.05) is 24.7 Å². The molecule has 130 valence electrons. The first-order valence-electron chi connectivity index (χ1n) is 9.54. The second-order valence-corrected chi connectivity index (χ2v) is 7.91. The number of hydrogen-bond donors (Lipinski definition) is 1. The van der Waals surface area contributed by atoms with E-state index in [1.165, 1.54) is 25.7 Å². The van der Waals surface area contributed by atoms with E-state index >= 15 is 0 Å². The highest BCUT2D eigenvalue weighted by atomic mass is 16.2. The molecule has 24 heavy (non-hydrogen) atoms. The molecule has 1 aromatic rings. The lowest BCUT2D eigenvalue weighted by Crippen LogP contribution is -2.58. The number of benzene rings is 1. The second kappa shape index (κ2) is 6.40. The lowest BCUT2D eigenvalue weighted by Gasteiger charge is -2.46. The largest absolute Gasteiger partial charge is 0.339 e. The van der Waals surface area contributed by atoms with E-state index in [2.05, 4.69) is 46.3 Å². The van der Waals surface area contributed by atoms with Crippen LogP contribution in [-0.4, -0.2) is 42.1 Å². The quantitative estimate of drug-likeness (QED) is 0.907. The van der Waals surface area contributed by atoms with Gasteiger partial charge in [0.15, 0.2) is 0 Å². The standard InChI is InChI=1S/C20H29N3O/c1-16-7-9-17(10-8-16)22-13-11-20(12-14-22)19(24)21-15-23(20)18-5-3-2-4-6-18/h2-6,16-17H,7-15H2,1H3,(H,21,24). The summed E-state index contributed by atoms with van der Waals surface area (Å²) in [4.78, 5) is 17.6. The van der Waals surface area contributed by atoms with Gasteiger partial charge in [0.05, 0.1) is 6.67 Å². The van der Waals surface area contributed by atoms with Crippen molar-refractivity contribution in [2.24, 2.45) is 5.92 Å². The smallest absolute Gasteiger partial charge is 0.247 e. The Bertz CT molecular complexity index is 572. The van der Waals surface area contributed by atoms with E-state index in [1.54, 1.807) is 0 Å². The maximum absolute atomic E-state index is 12.7. The van der Waals surface area contributed by atoms with Gasteiger partial charge in [0, 0.05) is 24.8 Å². The highest BCUT2D eigenvalue weighted by Gasteiger charge is 2.50. The number of rotatable bonds is 2. The Hall–Kier alpha value is -1.55. The fourth-order valence-electron chi connectivity index (χ4n) is 4.90. The van der Waals surface area contributed by atoms with Crippen LogP contribution < -0.4 is 10.2 Å². The van der Waals surface area contributed by atoms with Crippen LogP contribution in [0.15, 0.2) is 30.3 Å². The zero-order valence-electron chi connectivity index (χ0n) is 14.7. The summed E-state index contributed by atoms with van der Waals surface area (Å²) in [6.07, 6.45) is 7.29. The average molecular weight is 327 g/mol. The Balaban J connectivity index is 1.47. The van der Waals surface area contributed by atoms with Gasteiger partial charge in [-0.25, -0.2) is 0 Å². The molecule has 1 amide bonds. The van der Waals surface area contributed by atoms with Gasteiger partial charge in [0.25, 0.3) is 0 Å². The molecule has 0 bridgehead atoms. The summed E-state index contributed by atoms with van der Waals surface area (Å²) in [5.74, 6) is 1.12. The number of carbonyl (C=O) groups excluding carboxylic acids is 1. The van der Waals surface area contributed by atoms with Crippen LogP contribution in [0, 0.1) is 5.92 Å². The molecule has 4 nitrogen and oxygen atoms in total. The van der Waals surface area contributed by atoms with Gasteiger partial charge in [0.2, 0.25) is 5.91 Å². The minimum absolute atomic E-state index is 0.225. The van der Waals surface area contributed by atoms with Crippen LogP contribution >= 0.6 is 0 Å². The van der Waals surface area contributed by atoms with Gasteiger partial charge in [-0.05, 0) is 56.6 Å². The topological polar surface area (TPSA) is 35.6 Å². The van der Waals surface area contributed by atoms with Crippen molar-refractivity contribution in [1.29, 1.82) is 0 Å². The Labute approximate surface area is 145 Å². The molecule has 0 aromatic heterocycles. The van der Waals surface area contributed by atoms with Gasteiger partial charge in [0.1, 0.15) is 5.54 Å². The Morgan fingerprint density at radius 1 is 1.04 bits per heavy atom. The monoisotopic (exact) mass is 327 g/mol. The van der Waals surface area contributed by atoms with Crippen molar-refractivity contribution in [1.82, 2.24) is 10.2 Å². The number of carbonyl (C=O) groups is 1. The third-order valence-corrected chi connectivity index (χ3v) is 6.53. The maximum Gasteiger partial charge on any atom is 0.247 e. The highest BCUT2D eigenvalue weighted by molar-refractivity contribution is 5.93. The minimum atomic E-state index is -0.334. The van der Waals surface area contributed by atoms with Crippen molar-refractivity contribution in [3.63, 3.8) is 0 Å². The average Bonchev–Trinajstić information content (AvgIpc) is 2.94. The van der Waals surface area contributed by atoms with Crippen molar-refractivity contribution in [3.8, 4) is 0 Å². The van der Waals surface area contributed by atoms with Crippen LogP contribution in [0.25, 0.3) is 0 Å². The van der Waals surface area contributed by atoms with E-state index in [0.717, 1.165) is 43.6 Å². The molecule has 1 aliphatic carbocycles. The molecule has 0 unspecified atom stereocenters. The third-order valence-electron chi connectivity index (χ3n) is 6.53. The minimum Gasteiger partial charge on any atom is -0.339 e. The number of nitrogens with zero attached hydrogens (tertiary/aromatic N) is 2. The summed E-state index contributed by atoms with van der Waals surface area (Å²) < 4.78 is 0. The zero-order valence-corrected chi connectivity index (χ0v) is 14.7. The number of likely N-dealkylation sites (tertiary alicyclic amines) is 1. The molecular weight excluding hydrogens is 298 g/mol. The van der Waals surface area contributed by atoms with E-state index in [9.17, 15) is 4.79 Å². The van der Waals surface area contributed by atoms with Crippen LogP contribution in [0.4, 0.5) is 5.69 Å². The van der Waals surface area contributed by atoms with E-state index in [1.807, 2.05) is 6.07 Å². The fraction of sp³-hybridized carbons (Fsp3) is 0.650. The molecule has 1 aromatic carbocycles. The summed E-state index contributed by atoms with van der Waals surface area (Å²) in [6.45, 7) is 5.12. The Morgan fingerprint density at radius 3 is 2.38 bits per heavy atom. The van der Waals surface area contributed by atoms with Gasteiger partial charge in [-0.15, -0.1) is 0 Å². The van der Waals surface area contributed by atoms with Crippen molar-refractivity contribution < 1.29 is 4.79 Å². The third kappa shape index (κ3) is 2.71. The molecule has 4 heteroatoms. The molecule has 4 rings (SSSR count). The van der Waals surface area contributed by atoms with E-state index < -0.39 is 0 Å². The first-order chi connectivity index (χ1) is 11.7. The lowest BCUT2D eigenvalue weighted by molar-refractivity contribution is -0.125. The highest BCUT2D eigenvalue weighted by Crippen LogP contribution is 2.38. The van der Waals surface area contributed by atoms with E-state index in [-0.39, 0.29) is 11.4 Å². The molecule has 3 aliphatic rings. The summed E-state index contributed by atoms with van der Waals surface area (Å²) in [7, 11) is 0. The van der Waals surface area contributed by atoms with Gasteiger partial charge in [-0.2, -0.15) is 0 Å². The molecule has 3 fully saturated rings. The maximum atomic E-state index is 12.7. The molecule has 1 spiro atoms. The molecule has 2 saturated heterocycles.